The molecule has 0 unspecified atom stereocenters. The van der Waals surface area contributed by atoms with E-state index in [0.29, 0.717) is 17.9 Å². The van der Waals surface area contributed by atoms with Gasteiger partial charge in [-0.15, -0.1) is 0 Å². The molecule has 1 heterocycles. The van der Waals surface area contributed by atoms with Crippen LogP contribution < -0.4 is 10.1 Å². The van der Waals surface area contributed by atoms with Crippen LogP contribution in [0.25, 0.3) is 0 Å². The zero-order valence-corrected chi connectivity index (χ0v) is 11.6. The third kappa shape index (κ3) is 3.77. The molecule has 0 amide bonds. The number of hydrogen-bond donors (Lipinski definition) is 1. The summed E-state index contributed by atoms with van der Waals surface area (Å²) >= 11 is 0. The molecule has 0 radical (unpaired) electrons. The summed E-state index contributed by atoms with van der Waals surface area (Å²) in [6, 6.07) is 4.95. The molecule has 0 fully saturated rings. The standard InChI is InChI=1S/C14H18FN3O2/c1-3-6-16-8-11-4-5-14(12(15)7-11)19-9-13-10(2)17-20-18-13/h4-5,7,16H,3,6,8-9H2,1-2H3. The first-order valence-electron chi connectivity index (χ1n) is 6.60. The number of hydrogen-bond acceptors (Lipinski definition) is 5. The van der Waals surface area contributed by atoms with Crippen LogP contribution in [0.5, 0.6) is 5.75 Å². The molecule has 108 valence electrons. The predicted octanol–water partition coefficient (Wildman–Crippen LogP) is 2.60. The summed E-state index contributed by atoms with van der Waals surface area (Å²) in [6.45, 7) is 5.55. The van der Waals surface area contributed by atoms with Gasteiger partial charge in [0.05, 0.1) is 0 Å². The third-order valence-corrected chi connectivity index (χ3v) is 2.86. The maximum atomic E-state index is 13.9. The monoisotopic (exact) mass is 279 g/mol. The lowest BCUT2D eigenvalue weighted by Gasteiger charge is -2.08. The summed E-state index contributed by atoms with van der Waals surface area (Å²) in [7, 11) is 0. The van der Waals surface area contributed by atoms with E-state index in [1.807, 2.05) is 6.07 Å². The molecule has 20 heavy (non-hydrogen) atoms. The van der Waals surface area contributed by atoms with Gasteiger partial charge in [0, 0.05) is 6.54 Å². The van der Waals surface area contributed by atoms with Crippen LogP contribution in [0.4, 0.5) is 4.39 Å². The van der Waals surface area contributed by atoms with E-state index in [4.69, 9.17) is 4.74 Å². The van der Waals surface area contributed by atoms with Crippen LogP contribution in [0, 0.1) is 12.7 Å². The molecule has 0 saturated carbocycles. The summed E-state index contributed by atoms with van der Waals surface area (Å²) in [6.07, 6.45) is 1.05. The Labute approximate surface area is 117 Å². The van der Waals surface area contributed by atoms with Crippen LogP contribution in [-0.4, -0.2) is 16.9 Å². The van der Waals surface area contributed by atoms with Crippen molar-refractivity contribution in [3.05, 3.63) is 41.0 Å². The predicted molar refractivity (Wildman–Crippen MR) is 71.8 cm³/mol. The van der Waals surface area contributed by atoms with E-state index in [9.17, 15) is 4.39 Å². The highest BCUT2D eigenvalue weighted by Gasteiger charge is 2.09. The number of rotatable bonds is 7. The van der Waals surface area contributed by atoms with Crippen LogP contribution in [0.1, 0.15) is 30.3 Å². The summed E-state index contributed by atoms with van der Waals surface area (Å²) in [4.78, 5) is 0. The fraction of sp³-hybridized carbons (Fsp3) is 0.429. The molecule has 0 saturated heterocycles. The molecule has 5 nitrogen and oxygen atoms in total. The maximum Gasteiger partial charge on any atom is 0.165 e. The maximum absolute atomic E-state index is 13.9. The Bertz CT molecular complexity index is 557. The Morgan fingerprint density at radius 2 is 2.20 bits per heavy atom. The largest absolute Gasteiger partial charge is 0.484 e. The van der Waals surface area contributed by atoms with Gasteiger partial charge in [-0.2, -0.15) is 0 Å². The van der Waals surface area contributed by atoms with Gasteiger partial charge in [-0.3, -0.25) is 0 Å². The zero-order chi connectivity index (χ0) is 14.4. The van der Waals surface area contributed by atoms with Gasteiger partial charge >= 0.3 is 0 Å². The van der Waals surface area contributed by atoms with E-state index >= 15 is 0 Å². The number of ether oxygens (including phenoxy) is 1. The van der Waals surface area contributed by atoms with Crippen molar-refractivity contribution in [3.63, 3.8) is 0 Å². The molecule has 1 aromatic heterocycles. The van der Waals surface area contributed by atoms with E-state index in [-0.39, 0.29) is 18.2 Å². The van der Waals surface area contributed by atoms with Gasteiger partial charge in [0.15, 0.2) is 11.6 Å². The molecule has 0 aliphatic carbocycles. The number of aryl methyl sites for hydroxylation is 1. The van der Waals surface area contributed by atoms with Crippen molar-refractivity contribution < 1.29 is 13.8 Å². The van der Waals surface area contributed by atoms with Gasteiger partial charge in [-0.1, -0.05) is 23.3 Å². The second kappa shape index (κ2) is 7.00. The Morgan fingerprint density at radius 1 is 1.35 bits per heavy atom. The number of benzene rings is 1. The van der Waals surface area contributed by atoms with Crippen molar-refractivity contribution in [3.8, 4) is 5.75 Å². The summed E-state index contributed by atoms with van der Waals surface area (Å²) in [5, 5.41) is 10.5. The normalized spacial score (nSPS) is 10.8. The Balaban J connectivity index is 1.94. The van der Waals surface area contributed by atoms with Crippen molar-refractivity contribution >= 4 is 0 Å². The number of nitrogens with one attached hydrogen (secondary N) is 1. The van der Waals surface area contributed by atoms with Gasteiger partial charge in [-0.25, -0.2) is 9.02 Å². The minimum Gasteiger partial charge on any atom is -0.484 e. The highest BCUT2D eigenvalue weighted by molar-refractivity contribution is 5.29. The molecule has 1 N–H and O–H groups in total. The molecule has 0 atom stereocenters. The Kier molecular flexibility index (Phi) is 5.06. The topological polar surface area (TPSA) is 60.2 Å². The average Bonchev–Trinajstić information content (AvgIpc) is 2.84. The van der Waals surface area contributed by atoms with Gasteiger partial charge in [0.2, 0.25) is 0 Å². The summed E-state index contributed by atoms with van der Waals surface area (Å²) < 4.78 is 23.8. The minimum absolute atomic E-state index is 0.139. The molecule has 6 heteroatoms. The Hall–Kier alpha value is -1.95. The molecular formula is C14H18FN3O2. The van der Waals surface area contributed by atoms with Crippen LogP contribution in [-0.2, 0) is 13.2 Å². The second-order valence-electron chi connectivity index (χ2n) is 4.53. The highest BCUT2D eigenvalue weighted by Crippen LogP contribution is 2.19. The molecular weight excluding hydrogens is 261 g/mol. The summed E-state index contributed by atoms with van der Waals surface area (Å²) in [5.74, 6) is -0.179. The van der Waals surface area contributed by atoms with Crippen LogP contribution in [0.2, 0.25) is 0 Å². The van der Waals surface area contributed by atoms with E-state index in [2.05, 4.69) is 27.2 Å². The average molecular weight is 279 g/mol. The van der Waals surface area contributed by atoms with Crippen molar-refractivity contribution in [2.24, 2.45) is 0 Å². The highest BCUT2D eigenvalue weighted by atomic mass is 19.1. The smallest absolute Gasteiger partial charge is 0.165 e. The van der Waals surface area contributed by atoms with E-state index in [0.717, 1.165) is 18.5 Å². The molecule has 0 bridgehead atoms. The number of aromatic nitrogens is 2. The molecule has 0 spiro atoms. The van der Waals surface area contributed by atoms with Gasteiger partial charge in [0.25, 0.3) is 0 Å². The second-order valence-corrected chi connectivity index (χ2v) is 4.53. The minimum atomic E-state index is -0.380. The lowest BCUT2D eigenvalue weighted by molar-refractivity contribution is 0.262. The molecule has 0 aliphatic rings. The molecule has 0 aliphatic heterocycles. The fourth-order valence-electron chi connectivity index (χ4n) is 1.71. The van der Waals surface area contributed by atoms with Crippen molar-refractivity contribution in [1.82, 2.24) is 15.6 Å². The van der Waals surface area contributed by atoms with Crippen LogP contribution in [0.15, 0.2) is 22.8 Å². The van der Waals surface area contributed by atoms with Crippen LogP contribution >= 0.6 is 0 Å². The number of nitrogens with zero attached hydrogens (tertiary/aromatic N) is 2. The zero-order valence-electron chi connectivity index (χ0n) is 11.6. The van der Waals surface area contributed by atoms with Crippen LogP contribution in [0.3, 0.4) is 0 Å². The van der Waals surface area contributed by atoms with Gasteiger partial charge in [-0.05, 0) is 37.6 Å². The van der Waals surface area contributed by atoms with Crippen molar-refractivity contribution in [2.45, 2.75) is 33.4 Å². The third-order valence-electron chi connectivity index (χ3n) is 2.86. The SMILES string of the molecule is CCCNCc1ccc(OCc2nonc2C)c(F)c1. The van der Waals surface area contributed by atoms with Crippen molar-refractivity contribution in [1.29, 1.82) is 0 Å². The van der Waals surface area contributed by atoms with E-state index in [1.54, 1.807) is 13.0 Å². The lowest BCUT2D eigenvalue weighted by atomic mass is 10.2. The van der Waals surface area contributed by atoms with E-state index in [1.165, 1.54) is 6.07 Å². The van der Waals surface area contributed by atoms with Gasteiger partial charge < -0.3 is 10.1 Å². The van der Waals surface area contributed by atoms with Gasteiger partial charge in [0.1, 0.15) is 18.0 Å². The first-order chi connectivity index (χ1) is 9.70. The van der Waals surface area contributed by atoms with Crippen molar-refractivity contribution in [2.75, 3.05) is 6.54 Å². The lowest BCUT2D eigenvalue weighted by Crippen LogP contribution is -2.13. The molecule has 2 rings (SSSR count). The fourth-order valence-corrected chi connectivity index (χ4v) is 1.71. The Morgan fingerprint density at radius 3 is 2.85 bits per heavy atom. The quantitative estimate of drug-likeness (QED) is 0.789. The summed E-state index contributed by atoms with van der Waals surface area (Å²) in [5.41, 5.74) is 2.10. The first kappa shape index (κ1) is 14.5. The molecule has 2 aromatic rings. The number of halogens is 1. The molecule has 1 aromatic carbocycles. The first-order valence-corrected chi connectivity index (χ1v) is 6.60. The van der Waals surface area contributed by atoms with E-state index < -0.39 is 0 Å².